The van der Waals surface area contributed by atoms with E-state index in [0.717, 1.165) is 11.8 Å². The first kappa shape index (κ1) is 23.1. The first-order chi connectivity index (χ1) is 14.6. The van der Waals surface area contributed by atoms with Gasteiger partial charge in [0, 0.05) is 35.6 Å². The van der Waals surface area contributed by atoms with Gasteiger partial charge >= 0.3 is 12.0 Å². The largest absolute Gasteiger partial charge is 0.393 e. The van der Waals surface area contributed by atoms with Crippen LogP contribution in [0.3, 0.4) is 0 Å². The lowest BCUT2D eigenvalue weighted by Crippen LogP contribution is -2.38. The van der Waals surface area contributed by atoms with Gasteiger partial charge in [0.15, 0.2) is 0 Å². The van der Waals surface area contributed by atoms with Gasteiger partial charge in [0.25, 0.3) is 0 Å². The number of benzene rings is 1. The van der Waals surface area contributed by atoms with E-state index >= 15 is 0 Å². The quantitative estimate of drug-likeness (QED) is 0.637. The predicted molar refractivity (Wildman–Crippen MR) is 111 cm³/mol. The number of nitrogens with one attached hydrogen (secondary N) is 1. The predicted octanol–water partition coefficient (Wildman–Crippen LogP) is 3.95. The molecule has 2 amide bonds. The molecular formula is C21H21ClF3N3O3. The van der Waals surface area contributed by atoms with Crippen LogP contribution in [-0.2, 0) is 5.92 Å². The lowest BCUT2D eigenvalue weighted by molar-refractivity contribution is -0.131. The number of hydrogen-bond donors (Lipinski definition) is 3. The van der Waals surface area contributed by atoms with Crippen LogP contribution >= 0.6 is 11.6 Å². The van der Waals surface area contributed by atoms with Gasteiger partial charge in [-0.2, -0.15) is 8.78 Å². The number of urea groups is 1. The molecule has 1 aliphatic rings. The van der Waals surface area contributed by atoms with E-state index in [1.54, 1.807) is 24.3 Å². The molecule has 3 rings (SSSR count). The van der Waals surface area contributed by atoms with Crippen LogP contribution in [0.15, 0.2) is 36.5 Å². The second-order valence-corrected chi connectivity index (χ2v) is 7.60. The summed E-state index contributed by atoms with van der Waals surface area (Å²) >= 11 is 6.06. The SMILES string of the molecule is Cc1ccc(NC(=O)N2CC=C(c3ncc(C(F)(F)[C@@H](O)CO)cc3F)CC2)cc1Cl. The molecule has 0 saturated heterocycles. The second-order valence-electron chi connectivity index (χ2n) is 7.20. The third kappa shape index (κ3) is 5.00. The molecule has 1 aromatic heterocycles. The molecule has 2 heterocycles. The van der Waals surface area contributed by atoms with Crippen molar-refractivity contribution in [3.63, 3.8) is 0 Å². The van der Waals surface area contributed by atoms with Crippen molar-refractivity contribution >= 4 is 28.9 Å². The molecule has 0 unspecified atom stereocenters. The minimum absolute atomic E-state index is 0.0941. The third-order valence-corrected chi connectivity index (χ3v) is 5.45. The summed E-state index contributed by atoms with van der Waals surface area (Å²) in [4.78, 5) is 17.7. The Morgan fingerprint density at radius 3 is 2.71 bits per heavy atom. The van der Waals surface area contributed by atoms with Crippen molar-refractivity contribution in [1.29, 1.82) is 0 Å². The summed E-state index contributed by atoms with van der Waals surface area (Å²) in [5.41, 5.74) is 0.990. The molecule has 1 aliphatic heterocycles. The lowest BCUT2D eigenvalue weighted by Gasteiger charge is -2.27. The first-order valence-electron chi connectivity index (χ1n) is 9.47. The number of pyridine rings is 1. The van der Waals surface area contributed by atoms with Crippen LogP contribution in [0.4, 0.5) is 23.7 Å². The van der Waals surface area contributed by atoms with Crippen molar-refractivity contribution in [3.8, 4) is 0 Å². The summed E-state index contributed by atoms with van der Waals surface area (Å²) in [6.45, 7) is 1.14. The molecular weight excluding hydrogens is 435 g/mol. The Morgan fingerprint density at radius 1 is 1.39 bits per heavy atom. The lowest BCUT2D eigenvalue weighted by atomic mass is 10.0. The Labute approximate surface area is 182 Å². The zero-order valence-electron chi connectivity index (χ0n) is 16.6. The molecule has 6 nitrogen and oxygen atoms in total. The minimum Gasteiger partial charge on any atom is -0.393 e. The highest BCUT2D eigenvalue weighted by molar-refractivity contribution is 6.31. The summed E-state index contributed by atoms with van der Waals surface area (Å²) in [6.07, 6.45) is 0.306. The normalized spacial score (nSPS) is 15.5. The fourth-order valence-electron chi connectivity index (χ4n) is 3.11. The molecule has 10 heteroatoms. The van der Waals surface area contributed by atoms with Gasteiger partial charge in [0.1, 0.15) is 17.6 Å². The molecule has 3 N–H and O–H groups in total. The van der Waals surface area contributed by atoms with Crippen LogP contribution in [-0.4, -0.2) is 51.9 Å². The number of rotatable bonds is 5. The summed E-state index contributed by atoms with van der Waals surface area (Å²) < 4.78 is 42.4. The van der Waals surface area contributed by atoms with Crippen molar-refractivity contribution < 1.29 is 28.2 Å². The summed E-state index contributed by atoms with van der Waals surface area (Å²) in [5.74, 6) is -4.81. The second kappa shape index (κ2) is 9.25. The summed E-state index contributed by atoms with van der Waals surface area (Å²) in [7, 11) is 0. The van der Waals surface area contributed by atoms with Crippen LogP contribution in [0, 0.1) is 12.7 Å². The standard InChI is InChI=1S/C21H21ClF3N3O3/c1-12-2-3-15(9-16(12)22)27-20(31)28-6-4-13(5-7-28)19-17(23)8-14(10-26-19)21(24,25)18(30)11-29/h2-4,8-10,18,29-30H,5-7,11H2,1H3,(H,27,31)/t18-/m0/s1. The van der Waals surface area contributed by atoms with E-state index in [4.69, 9.17) is 16.7 Å². The third-order valence-electron chi connectivity index (χ3n) is 5.04. The first-order valence-corrected chi connectivity index (χ1v) is 9.85. The van der Waals surface area contributed by atoms with Gasteiger partial charge in [0.05, 0.1) is 6.61 Å². The number of aromatic nitrogens is 1. The van der Waals surface area contributed by atoms with Gasteiger partial charge in [-0.25, -0.2) is 9.18 Å². The molecule has 31 heavy (non-hydrogen) atoms. The van der Waals surface area contributed by atoms with E-state index in [0.29, 0.717) is 22.3 Å². The number of nitrogens with zero attached hydrogens (tertiary/aromatic N) is 2. The van der Waals surface area contributed by atoms with Crippen LogP contribution in [0.2, 0.25) is 5.02 Å². The van der Waals surface area contributed by atoms with Crippen molar-refractivity contribution in [2.45, 2.75) is 25.4 Å². The fraction of sp³-hybridized carbons (Fsp3) is 0.333. The van der Waals surface area contributed by atoms with E-state index in [2.05, 4.69) is 10.3 Å². The van der Waals surface area contributed by atoms with Gasteiger partial charge < -0.3 is 20.4 Å². The highest BCUT2D eigenvalue weighted by Gasteiger charge is 2.41. The molecule has 0 radical (unpaired) electrons. The molecule has 0 fully saturated rings. The smallest absolute Gasteiger partial charge is 0.322 e. The molecule has 0 bridgehead atoms. The van der Waals surface area contributed by atoms with Gasteiger partial charge in [-0.3, -0.25) is 4.98 Å². The number of carbonyl (C=O) groups excluding carboxylic acids is 1. The molecule has 1 atom stereocenters. The maximum absolute atomic E-state index is 14.5. The number of hydrogen-bond acceptors (Lipinski definition) is 4. The number of anilines is 1. The molecule has 0 spiro atoms. The highest BCUT2D eigenvalue weighted by atomic mass is 35.5. The average molecular weight is 456 g/mol. The average Bonchev–Trinajstić information content (AvgIpc) is 2.75. The highest BCUT2D eigenvalue weighted by Crippen LogP contribution is 2.33. The Balaban J connectivity index is 1.69. The van der Waals surface area contributed by atoms with Crippen LogP contribution < -0.4 is 5.32 Å². The van der Waals surface area contributed by atoms with Crippen molar-refractivity contribution in [2.24, 2.45) is 0 Å². The fourth-order valence-corrected chi connectivity index (χ4v) is 3.29. The van der Waals surface area contributed by atoms with Crippen molar-refractivity contribution in [2.75, 3.05) is 25.0 Å². The molecule has 0 saturated carbocycles. The molecule has 166 valence electrons. The Kier molecular flexibility index (Phi) is 6.88. The maximum Gasteiger partial charge on any atom is 0.322 e. The van der Waals surface area contributed by atoms with Crippen LogP contribution in [0.1, 0.15) is 23.2 Å². The Morgan fingerprint density at radius 2 is 2.13 bits per heavy atom. The van der Waals surface area contributed by atoms with Crippen molar-refractivity contribution in [3.05, 3.63) is 64.2 Å². The summed E-state index contributed by atoms with van der Waals surface area (Å²) in [6, 6.07) is 5.41. The van der Waals surface area contributed by atoms with Gasteiger partial charge in [-0.05, 0) is 42.7 Å². The number of aliphatic hydroxyl groups is 2. The Hall–Kier alpha value is -2.62. The molecule has 1 aromatic carbocycles. The number of aliphatic hydroxyl groups excluding tert-OH is 2. The number of amides is 2. The van der Waals surface area contributed by atoms with Crippen molar-refractivity contribution in [1.82, 2.24) is 9.88 Å². The van der Waals surface area contributed by atoms with E-state index in [1.807, 2.05) is 6.92 Å². The van der Waals surface area contributed by atoms with E-state index < -0.39 is 30.0 Å². The number of aryl methyl sites for hydroxylation is 1. The van der Waals surface area contributed by atoms with E-state index in [-0.39, 0.29) is 31.2 Å². The number of alkyl halides is 2. The monoisotopic (exact) mass is 455 g/mol. The van der Waals surface area contributed by atoms with E-state index in [9.17, 15) is 23.1 Å². The molecule has 0 aliphatic carbocycles. The van der Waals surface area contributed by atoms with Crippen LogP contribution in [0.25, 0.3) is 5.57 Å². The van der Waals surface area contributed by atoms with Gasteiger partial charge in [-0.1, -0.05) is 23.7 Å². The van der Waals surface area contributed by atoms with Gasteiger partial charge in [-0.15, -0.1) is 0 Å². The van der Waals surface area contributed by atoms with Crippen LogP contribution in [0.5, 0.6) is 0 Å². The number of halogens is 4. The molecule has 2 aromatic rings. The zero-order chi connectivity index (χ0) is 22.8. The zero-order valence-corrected chi connectivity index (χ0v) is 17.3. The summed E-state index contributed by atoms with van der Waals surface area (Å²) in [5, 5.41) is 21.3. The topological polar surface area (TPSA) is 85.7 Å². The Bertz CT molecular complexity index is 1020. The minimum atomic E-state index is -3.84. The number of carbonyl (C=O) groups is 1. The maximum atomic E-state index is 14.5. The van der Waals surface area contributed by atoms with E-state index in [1.165, 1.54) is 4.90 Å². The van der Waals surface area contributed by atoms with Gasteiger partial charge in [0.2, 0.25) is 0 Å².